The Hall–Kier alpha value is -0.940. The molecule has 0 aliphatic heterocycles. The lowest BCUT2D eigenvalue weighted by atomic mass is 10.1. The molecule has 0 aromatic carbocycles. The van der Waals surface area contributed by atoms with Crippen molar-refractivity contribution in [3.8, 4) is 0 Å². The van der Waals surface area contributed by atoms with E-state index in [1.165, 1.54) is 0 Å². The van der Waals surface area contributed by atoms with Crippen LogP contribution in [-0.4, -0.2) is 17.4 Å². The molecule has 0 saturated carbocycles. The summed E-state index contributed by atoms with van der Waals surface area (Å²) >= 11 is 1.54. The van der Waals surface area contributed by atoms with Crippen LogP contribution in [0.4, 0.5) is 0 Å². The van der Waals surface area contributed by atoms with Crippen LogP contribution in [0.2, 0.25) is 0 Å². The van der Waals surface area contributed by atoms with Crippen LogP contribution in [0.1, 0.15) is 31.3 Å². The molecule has 15 heavy (non-hydrogen) atoms. The molecule has 1 amide bonds. The number of carbonyl (C=O) groups excluding carboxylic acids is 1. The summed E-state index contributed by atoms with van der Waals surface area (Å²) in [6, 6.07) is -0.0295. The van der Waals surface area contributed by atoms with Gasteiger partial charge in [-0.25, -0.2) is 4.98 Å². The van der Waals surface area contributed by atoms with E-state index in [1.54, 1.807) is 17.5 Å². The van der Waals surface area contributed by atoms with Gasteiger partial charge in [-0.05, 0) is 13.3 Å². The highest BCUT2D eigenvalue weighted by molar-refractivity contribution is 7.09. The van der Waals surface area contributed by atoms with Crippen molar-refractivity contribution in [1.82, 2.24) is 10.3 Å². The van der Waals surface area contributed by atoms with Gasteiger partial charge in [0.2, 0.25) is 5.91 Å². The average Bonchev–Trinajstić information content (AvgIpc) is 2.72. The van der Waals surface area contributed by atoms with Crippen LogP contribution in [0.15, 0.2) is 11.6 Å². The maximum atomic E-state index is 11.7. The van der Waals surface area contributed by atoms with Crippen LogP contribution < -0.4 is 11.1 Å². The van der Waals surface area contributed by atoms with Gasteiger partial charge in [-0.1, -0.05) is 6.92 Å². The van der Waals surface area contributed by atoms with Crippen LogP contribution in [0.5, 0.6) is 0 Å². The van der Waals surface area contributed by atoms with Crippen molar-refractivity contribution in [2.45, 2.75) is 26.3 Å². The Kier molecular flexibility index (Phi) is 4.71. The third-order valence-electron chi connectivity index (χ3n) is 2.33. The molecule has 0 radical (unpaired) electrons. The number of nitrogens with two attached hydrogens (primary N) is 1. The predicted molar refractivity (Wildman–Crippen MR) is 61.5 cm³/mol. The van der Waals surface area contributed by atoms with E-state index < -0.39 is 0 Å². The molecule has 2 unspecified atom stereocenters. The van der Waals surface area contributed by atoms with Gasteiger partial charge in [-0.15, -0.1) is 11.3 Å². The highest BCUT2D eigenvalue weighted by atomic mass is 32.1. The summed E-state index contributed by atoms with van der Waals surface area (Å²) in [5.74, 6) is -0.0740. The molecular weight excluding hydrogens is 210 g/mol. The van der Waals surface area contributed by atoms with E-state index in [1.807, 2.05) is 19.2 Å². The Bertz CT molecular complexity index is 296. The molecule has 3 N–H and O–H groups in total. The second-order valence-electron chi connectivity index (χ2n) is 3.44. The van der Waals surface area contributed by atoms with Gasteiger partial charge in [-0.2, -0.15) is 0 Å². The quantitative estimate of drug-likeness (QED) is 0.797. The summed E-state index contributed by atoms with van der Waals surface area (Å²) in [5.41, 5.74) is 5.50. The number of hydrogen-bond acceptors (Lipinski definition) is 4. The Morgan fingerprint density at radius 3 is 2.93 bits per heavy atom. The molecule has 0 saturated heterocycles. The van der Waals surface area contributed by atoms with Gasteiger partial charge in [0.15, 0.2) is 0 Å². The van der Waals surface area contributed by atoms with Gasteiger partial charge < -0.3 is 11.1 Å². The normalized spacial score (nSPS) is 14.6. The number of carbonyl (C=O) groups is 1. The van der Waals surface area contributed by atoms with Crippen molar-refractivity contribution < 1.29 is 4.79 Å². The van der Waals surface area contributed by atoms with E-state index in [-0.39, 0.29) is 17.9 Å². The molecule has 84 valence electrons. The summed E-state index contributed by atoms with van der Waals surface area (Å²) in [4.78, 5) is 15.8. The second kappa shape index (κ2) is 5.82. The van der Waals surface area contributed by atoms with Crippen molar-refractivity contribution in [3.05, 3.63) is 16.6 Å². The van der Waals surface area contributed by atoms with Crippen LogP contribution >= 0.6 is 11.3 Å². The first-order valence-corrected chi connectivity index (χ1v) is 5.96. The highest BCUT2D eigenvalue weighted by Gasteiger charge is 2.18. The van der Waals surface area contributed by atoms with E-state index in [4.69, 9.17) is 5.73 Å². The molecule has 1 aromatic heterocycles. The van der Waals surface area contributed by atoms with Crippen molar-refractivity contribution in [2.24, 2.45) is 11.7 Å². The molecule has 0 aliphatic carbocycles. The largest absolute Gasteiger partial charge is 0.347 e. The SMILES string of the molecule is CCC(CN)C(=O)NC(C)c1nccs1. The molecular formula is C10H17N3OS. The summed E-state index contributed by atoms with van der Waals surface area (Å²) < 4.78 is 0. The van der Waals surface area contributed by atoms with Crippen LogP contribution in [0.3, 0.4) is 0 Å². The standard InChI is InChI=1S/C10H17N3OS/c1-3-8(6-11)9(14)13-7(2)10-12-4-5-15-10/h4-5,7-8H,3,6,11H2,1-2H3,(H,13,14). The van der Waals surface area contributed by atoms with Gasteiger partial charge in [0.05, 0.1) is 6.04 Å². The molecule has 1 rings (SSSR count). The molecule has 1 heterocycles. The first-order chi connectivity index (χ1) is 7.19. The molecule has 4 nitrogen and oxygen atoms in total. The monoisotopic (exact) mass is 227 g/mol. The average molecular weight is 227 g/mol. The Morgan fingerprint density at radius 1 is 1.73 bits per heavy atom. The fourth-order valence-electron chi connectivity index (χ4n) is 1.30. The van der Waals surface area contributed by atoms with Crippen LogP contribution in [0, 0.1) is 5.92 Å². The minimum Gasteiger partial charge on any atom is -0.347 e. The topological polar surface area (TPSA) is 68.0 Å². The van der Waals surface area contributed by atoms with Gasteiger partial charge in [-0.3, -0.25) is 4.79 Å². The van der Waals surface area contributed by atoms with E-state index >= 15 is 0 Å². The lowest BCUT2D eigenvalue weighted by molar-refractivity contribution is -0.125. The number of rotatable bonds is 5. The lowest BCUT2D eigenvalue weighted by Crippen LogP contribution is -2.36. The Morgan fingerprint density at radius 2 is 2.47 bits per heavy atom. The molecule has 2 atom stereocenters. The Labute approximate surface area is 93.9 Å². The van der Waals surface area contributed by atoms with E-state index in [2.05, 4.69) is 10.3 Å². The fourth-order valence-corrected chi connectivity index (χ4v) is 1.95. The molecule has 0 spiro atoms. The zero-order valence-corrected chi connectivity index (χ0v) is 9.88. The van der Waals surface area contributed by atoms with Crippen LogP contribution in [-0.2, 0) is 4.79 Å². The maximum Gasteiger partial charge on any atom is 0.224 e. The molecule has 1 aromatic rings. The molecule has 0 bridgehead atoms. The summed E-state index contributed by atoms with van der Waals surface area (Å²) in [7, 11) is 0. The zero-order valence-electron chi connectivity index (χ0n) is 9.06. The van der Waals surface area contributed by atoms with Gasteiger partial charge in [0, 0.05) is 24.0 Å². The first kappa shape index (κ1) is 12.1. The van der Waals surface area contributed by atoms with Gasteiger partial charge >= 0.3 is 0 Å². The van der Waals surface area contributed by atoms with Gasteiger partial charge in [0.1, 0.15) is 5.01 Å². The zero-order chi connectivity index (χ0) is 11.3. The molecule has 0 aliphatic rings. The number of nitrogens with zero attached hydrogens (tertiary/aromatic N) is 1. The Balaban J connectivity index is 2.51. The first-order valence-electron chi connectivity index (χ1n) is 5.08. The van der Waals surface area contributed by atoms with Crippen molar-refractivity contribution in [1.29, 1.82) is 0 Å². The van der Waals surface area contributed by atoms with E-state index in [0.29, 0.717) is 6.54 Å². The lowest BCUT2D eigenvalue weighted by Gasteiger charge is -2.16. The number of nitrogens with one attached hydrogen (secondary N) is 1. The number of amides is 1. The summed E-state index contributed by atoms with van der Waals surface area (Å²) in [6.45, 7) is 4.29. The minimum atomic E-state index is -0.0904. The number of hydrogen-bond donors (Lipinski definition) is 2. The molecule has 5 heteroatoms. The van der Waals surface area contributed by atoms with Crippen molar-refractivity contribution >= 4 is 17.2 Å². The van der Waals surface area contributed by atoms with E-state index in [0.717, 1.165) is 11.4 Å². The third-order valence-corrected chi connectivity index (χ3v) is 3.29. The summed E-state index contributed by atoms with van der Waals surface area (Å²) in [5, 5.41) is 5.74. The fraction of sp³-hybridized carbons (Fsp3) is 0.600. The second-order valence-corrected chi connectivity index (χ2v) is 4.37. The summed E-state index contributed by atoms with van der Waals surface area (Å²) in [6.07, 6.45) is 2.51. The highest BCUT2D eigenvalue weighted by Crippen LogP contribution is 2.15. The van der Waals surface area contributed by atoms with Crippen molar-refractivity contribution in [2.75, 3.05) is 6.54 Å². The maximum absolute atomic E-state index is 11.7. The van der Waals surface area contributed by atoms with Crippen molar-refractivity contribution in [3.63, 3.8) is 0 Å². The smallest absolute Gasteiger partial charge is 0.224 e. The van der Waals surface area contributed by atoms with E-state index in [9.17, 15) is 4.79 Å². The number of aromatic nitrogens is 1. The number of thiazole rings is 1. The molecule has 0 fully saturated rings. The minimum absolute atomic E-state index is 0.0164. The third kappa shape index (κ3) is 3.28. The van der Waals surface area contributed by atoms with Crippen LogP contribution in [0.25, 0.3) is 0 Å². The predicted octanol–water partition coefficient (Wildman–Crippen LogP) is 1.31. The van der Waals surface area contributed by atoms with Gasteiger partial charge in [0.25, 0.3) is 0 Å².